The van der Waals surface area contributed by atoms with E-state index in [2.05, 4.69) is 0 Å². The third-order valence-electron chi connectivity index (χ3n) is 3.92. The summed E-state index contributed by atoms with van der Waals surface area (Å²) in [4.78, 5) is -1.38. The van der Waals surface area contributed by atoms with Crippen molar-refractivity contribution in [2.24, 2.45) is 0 Å². The Hall–Kier alpha value is -0.504. The second-order valence-corrected chi connectivity index (χ2v) is 8.72. The van der Waals surface area contributed by atoms with Crippen LogP contribution in [0.1, 0.15) is 26.4 Å². The van der Waals surface area contributed by atoms with Crippen LogP contribution in [0, 0.1) is 0 Å². The summed E-state index contributed by atoms with van der Waals surface area (Å²) in [7, 11) is -9.32. The molecule has 0 aliphatic carbocycles. The molecule has 2 rings (SSSR count). The molecule has 0 aliphatic rings. The normalized spacial score (nSPS) is 12.5. The van der Waals surface area contributed by atoms with E-state index >= 15 is 0 Å². The van der Waals surface area contributed by atoms with Gasteiger partial charge in [0.15, 0.2) is 0 Å². The number of phenolic OH excluding ortho intramolecular Hbond substituents is 2. The average Bonchev–Trinajstić information content (AvgIpc) is 2.45. The van der Waals surface area contributed by atoms with Crippen LogP contribution in [0.2, 0.25) is 0 Å². The van der Waals surface area contributed by atoms with E-state index in [-0.39, 0.29) is 52.8 Å². The fourth-order valence-electron chi connectivity index (χ4n) is 2.39. The molecule has 11 heteroatoms. The first kappa shape index (κ1) is 23.5. The molecule has 0 saturated carbocycles. The third-order valence-corrected chi connectivity index (χ3v) is 5.68. The molecular formula is C15H17KO8S2. The minimum absolute atomic E-state index is 0. The van der Waals surface area contributed by atoms with Crippen LogP contribution in [0.4, 0.5) is 0 Å². The van der Waals surface area contributed by atoms with E-state index in [9.17, 15) is 36.2 Å². The van der Waals surface area contributed by atoms with Crippen LogP contribution in [-0.4, -0.2) is 36.2 Å². The van der Waals surface area contributed by atoms with Gasteiger partial charge in [-0.05, 0) is 35.4 Å². The van der Waals surface area contributed by atoms with Gasteiger partial charge in [0.25, 0.3) is 20.2 Å². The van der Waals surface area contributed by atoms with Crippen LogP contribution in [0.25, 0.3) is 0 Å². The van der Waals surface area contributed by atoms with Gasteiger partial charge in [0.05, 0.1) is 0 Å². The summed E-state index contributed by atoms with van der Waals surface area (Å²) in [6, 6.07) is 7.11. The SMILES string of the molecule is CC(C)(c1ccc(O)c(S(=O)(=O)O)c1)c1ccc(O)c(S(=O)(=O)O)c1.[H-].[K+]. The molecule has 0 bridgehead atoms. The Morgan fingerprint density at radius 1 is 0.769 bits per heavy atom. The van der Waals surface area contributed by atoms with E-state index in [4.69, 9.17) is 0 Å². The second-order valence-electron chi connectivity index (χ2n) is 5.94. The van der Waals surface area contributed by atoms with Gasteiger partial charge < -0.3 is 11.6 Å². The Morgan fingerprint density at radius 3 is 1.35 bits per heavy atom. The summed E-state index contributed by atoms with van der Waals surface area (Å²) < 4.78 is 63.8. The molecule has 2 aromatic rings. The maximum absolute atomic E-state index is 11.3. The maximum atomic E-state index is 11.3. The van der Waals surface area contributed by atoms with Crippen LogP contribution < -0.4 is 51.4 Å². The van der Waals surface area contributed by atoms with Crippen LogP contribution >= 0.6 is 0 Å². The molecule has 0 aliphatic heterocycles. The smallest absolute Gasteiger partial charge is 1.00 e. The van der Waals surface area contributed by atoms with Gasteiger partial charge in [-0.1, -0.05) is 26.0 Å². The number of hydrogen-bond donors (Lipinski definition) is 4. The number of benzene rings is 2. The summed E-state index contributed by atoms with van der Waals surface area (Å²) in [5.41, 5.74) is -0.310. The molecule has 0 atom stereocenters. The number of rotatable bonds is 4. The van der Waals surface area contributed by atoms with E-state index in [0.29, 0.717) is 11.1 Å². The van der Waals surface area contributed by atoms with Gasteiger partial charge in [-0.15, -0.1) is 0 Å². The van der Waals surface area contributed by atoms with Crippen LogP contribution in [-0.2, 0) is 25.7 Å². The molecule has 0 spiro atoms. The van der Waals surface area contributed by atoms with Crippen molar-refractivity contribution in [3.63, 3.8) is 0 Å². The van der Waals surface area contributed by atoms with Gasteiger partial charge >= 0.3 is 51.4 Å². The predicted molar refractivity (Wildman–Crippen MR) is 89.1 cm³/mol. The molecule has 8 nitrogen and oxygen atoms in total. The summed E-state index contributed by atoms with van der Waals surface area (Å²) >= 11 is 0. The molecule has 0 unspecified atom stereocenters. The maximum Gasteiger partial charge on any atom is 1.00 e. The number of phenols is 2. The molecule has 138 valence electrons. The van der Waals surface area contributed by atoms with Gasteiger partial charge in [0.2, 0.25) is 0 Å². The summed E-state index contributed by atoms with van der Waals surface area (Å²) in [6.07, 6.45) is 0. The molecule has 0 radical (unpaired) electrons. The average molecular weight is 429 g/mol. The standard InChI is InChI=1S/C15H16O8S2.K.H/c1-15(2,9-3-5-11(16)13(7-9)24(18,19)20)10-4-6-12(17)14(8-10)25(21,22)23;;/h3-8,16-17H,1-2H3,(H,18,19,20)(H,21,22,23);;/q;+1;-1. The Kier molecular flexibility index (Phi) is 7.11. The Balaban J connectivity index is 0.00000338. The van der Waals surface area contributed by atoms with Crippen molar-refractivity contribution in [3.8, 4) is 11.5 Å². The zero-order chi connectivity index (χ0) is 19.2. The van der Waals surface area contributed by atoms with Gasteiger partial charge in [0.1, 0.15) is 21.3 Å². The van der Waals surface area contributed by atoms with Gasteiger partial charge in [-0.25, -0.2) is 0 Å². The van der Waals surface area contributed by atoms with E-state index in [1.807, 2.05) is 0 Å². The van der Waals surface area contributed by atoms with E-state index in [0.717, 1.165) is 24.3 Å². The van der Waals surface area contributed by atoms with Crippen LogP contribution in [0.5, 0.6) is 11.5 Å². The molecule has 0 fully saturated rings. The molecule has 4 N–H and O–H groups in total. The van der Waals surface area contributed by atoms with Crippen molar-refractivity contribution in [2.75, 3.05) is 0 Å². The molecule has 0 saturated heterocycles. The molecular weight excluding hydrogens is 411 g/mol. The van der Waals surface area contributed by atoms with E-state index in [1.54, 1.807) is 13.8 Å². The fourth-order valence-corrected chi connectivity index (χ4v) is 3.60. The molecule has 0 aromatic heterocycles. The second kappa shape index (κ2) is 7.85. The Morgan fingerprint density at radius 2 is 1.08 bits per heavy atom. The van der Waals surface area contributed by atoms with Crippen LogP contribution in [0.15, 0.2) is 46.2 Å². The van der Waals surface area contributed by atoms with Crippen LogP contribution in [0.3, 0.4) is 0 Å². The third kappa shape index (κ3) is 4.85. The van der Waals surface area contributed by atoms with Crippen molar-refractivity contribution < 1.29 is 89.0 Å². The Bertz CT molecular complexity index is 966. The quantitative estimate of drug-likeness (QED) is 0.359. The molecule has 0 amide bonds. The zero-order valence-electron chi connectivity index (χ0n) is 15.2. The summed E-state index contributed by atoms with van der Waals surface area (Å²) in [5.74, 6) is -1.27. The minimum Gasteiger partial charge on any atom is -1.00 e. The largest absolute Gasteiger partial charge is 1.00 e. The van der Waals surface area contributed by atoms with Gasteiger partial charge in [-0.2, -0.15) is 16.8 Å². The fraction of sp³-hybridized carbons (Fsp3) is 0.200. The van der Waals surface area contributed by atoms with Crippen molar-refractivity contribution in [3.05, 3.63) is 47.5 Å². The summed E-state index contributed by atoms with van der Waals surface area (Å²) in [5, 5.41) is 19.2. The Labute approximate surface area is 195 Å². The number of hydrogen-bond acceptors (Lipinski definition) is 6. The van der Waals surface area contributed by atoms with E-state index < -0.39 is 46.9 Å². The van der Waals surface area contributed by atoms with E-state index in [1.165, 1.54) is 12.1 Å². The topological polar surface area (TPSA) is 149 Å². The molecule has 0 heterocycles. The monoisotopic (exact) mass is 428 g/mol. The zero-order valence-corrected chi connectivity index (χ0v) is 19.0. The first-order chi connectivity index (χ1) is 11.2. The van der Waals surface area contributed by atoms with Gasteiger partial charge in [0, 0.05) is 5.41 Å². The van der Waals surface area contributed by atoms with Crippen molar-refractivity contribution in [1.29, 1.82) is 0 Å². The van der Waals surface area contributed by atoms with Crippen molar-refractivity contribution in [2.45, 2.75) is 29.1 Å². The minimum atomic E-state index is -4.66. The van der Waals surface area contributed by atoms with Crippen molar-refractivity contribution in [1.82, 2.24) is 0 Å². The molecule has 26 heavy (non-hydrogen) atoms. The van der Waals surface area contributed by atoms with Gasteiger partial charge in [-0.3, -0.25) is 9.11 Å². The summed E-state index contributed by atoms with van der Waals surface area (Å²) in [6.45, 7) is 3.26. The van der Waals surface area contributed by atoms with Crippen molar-refractivity contribution >= 4 is 20.2 Å². The number of aromatic hydroxyl groups is 2. The molecule has 2 aromatic carbocycles. The first-order valence-corrected chi connectivity index (χ1v) is 9.74. The first-order valence-electron chi connectivity index (χ1n) is 6.86. The predicted octanol–water partition coefficient (Wildman–Crippen LogP) is -0.966.